The van der Waals surface area contributed by atoms with E-state index in [0.29, 0.717) is 13.2 Å². The number of aliphatic hydroxyl groups excluding tert-OH is 1. The molecule has 1 unspecified atom stereocenters. The first-order valence-electron chi connectivity index (χ1n) is 9.00. The molecule has 0 amide bonds. The van der Waals surface area contributed by atoms with Gasteiger partial charge in [-0.25, -0.2) is 0 Å². The molecule has 140 valence electrons. The standard InChI is InChI=1S/C19H31N3O3/c1-16-4-6-17(7-5-16)25-12-3-10-21-18(20-2)22-14-19(8-11-23)9-13-24-15-19/h4-7,23H,3,8-15H2,1-2H3,(H2,20,21,22). The molecular weight excluding hydrogens is 318 g/mol. The molecule has 1 aromatic rings. The summed E-state index contributed by atoms with van der Waals surface area (Å²) in [5.41, 5.74) is 1.25. The molecule has 6 nitrogen and oxygen atoms in total. The quantitative estimate of drug-likeness (QED) is 0.360. The lowest BCUT2D eigenvalue weighted by Gasteiger charge is -2.27. The fourth-order valence-corrected chi connectivity index (χ4v) is 2.91. The number of nitrogens with one attached hydrogen (secondary N) is 2. The Labute approximate surface area is 150 Å². The van der Waals surface area contributed by atoms with Crippen LogP contribution in [0.15, 0.2) is 29.3 Å². The van der Waals surface area contributed by atoms with Gasteiger partial charge >= 0.3 is 0 Å². The summed E-state index contributed by atoms with van der Waals surface area (Å²) in [4.78, 5) is 4.26. The van der Waals surface area contributed by atoms with Gasteiger partial charge in [-0.2, -0.15) is 0 Å². The highest BCUT2D eigenvalue weighted by atomic mass is 16.5. The summed E-state index contributed by atoms with van der Waals surface area (Å²) >= 11 is 0. The lowest BCUT2D eigenvalue weighted by Crippen LogP contribution is -2.44. The van der Waals surface area contributed by atoms with Crippen molar-refractivity contribution in [2.75, 3.05) is 46.6 Å². The highest BCUT2D eigenvalue weighted by molar-refractivity contribution is 5.79. The second-order valence-electron chi connectivity index (χ2n) is 6.64. The summed E-state index contributed by atoms with van der Waals surface area (Å²) in [7, 11) is 1.77. The van der Waals surface area contributed by atoms with Gasteiger partial charge < -0.3 is 25.2 Å². The molecule has 1 aromatic carbocycles. The third kappa shape index (κ3) is 6.55. The molecule has 0 aliphatic carbocycles. The van der Waals surface area contributed by atoms with E-state index in [2.05, 4.69) is 22.5 Å². The average Bonchev–Trinajstić information content (AvgIpc) is 3.08. The van der Waals surface area contributed by atoms with E-state index < -0.39 is 0 Å². The van der Waals surface area contributed by atoms with E-state index in [1.165, 1.54) is 5.56 Å². The molecule has 3 N–H and O–H groups in total. The molecule has 0 saturated carbocycles. The van der Waals surface area contributed by atoms with Crippen LogP contribution in [0.5, 0.6) is 5.75 Å². The molecule has 1 atom stereocenters. The van der Waals surface area contributed by atoms with Crippen molar-refractivity contribution in [3.63, 3.8) is 0 Å². The van der Waals surface area contributed by atoms with Crippen molar-refractivity contribution >= 4 is 5.96 Å². The van der Waals surface area contributed by atoms with Gasteiger partial charge in [0.2, 0.25) is 0 Å². The number of ether oxygens (including phenoxy) is 2. The zero-order valence-electron chi connectivity index (χ0n) is 15.4. The molecule has 25 heavy (non-hydrogen) atoms. The molecule has 1 fully saturated rings. The maximum atomic E-state index is 9.28. The van der Waals surface area contributed by atoms with Gasteiger partial charge in [0.25, 0.3) is 0 Å². The van der Waals surface area contributed by atoms with Crippen molar-refractivity contribution in [3.8, 4) is 5.75 Å². The highest BCUT2D eigenvalue weighted by Gasteiger charge is 2.34. The number of rotatable bonds is 9. The number of hydrogen-bond acceptors (Lipinski definition) is 4. The van der Waals surface area contributed by atoms with Gasteiger partial charge in [0, 0.05) is 38.8 Å². The summed E-state index contributed by atoms with van der Waals surface area (Å²) < 4.78 is 11.2. The summed E-state index contributed by atoms with van der Waals surface area (Å²) in [6.07, 6.45) is 2.61. The zero-order chi connectivity index (χ0) is 18.0. The van der Waals surface area contributed by atoms with Gasteiger partial charge in [-0.05, 0) is 38.3 Å². The fraction of sp³-hybridized carbons (Fsp3) is 0.632. The molecule has 6 heteroatoms. The van der Waals surface area contributed by atoms with E-state index in [-0.39, 0.29) is 12.0 Å². The van der Waals surface area contributed by atoms with E-state index in [1.54, 1.807) is 7.05 Å². The topological polar surface area (TPSA) is 75.1 Å². The SMILES string of the molecule is CN=C(NCCCOc1ccc(C)cc1)NCC1(CCO)CCOC1. The minimum Gasteiger partial charge on any atom is -0.494 e. The number of aliphatic imine (C=N–C) groups is 1. The summed E-state index contributed by atoms with van der Waals surface area (Å²) in [6, 6.07) is 8.09. The second-order valence-corrected chi connectivity index (χ2v) is 6.64. The number of nitrogens with zero attached hydrogens (tertiary/aromatic N) is 1. The highest BCUT2D eigenvalue weighted by Crippen LogP contribution is 2.31. The third-order valence-electron chi connectivity index (χ3n) is 4.58. The van der Waals surface area contributed by atoms with E-state index in [0.717, 1.165) is 50.7 Å². The van der Waals surface area contributed by atoms with E-state index in [9.17, 15) is 5.11 Å². The smallest absolute Gasteiger partial charge is 0.191 e. The molecule has 0 bridgehead atoms. The predicted molar refractivity (Wildman–Crippen MR) is 100 cm³/mol. The molecule has 0 spiro atoms. The molecule has 1 aliphatic heterocycles. The van der Waals surface area contributed by atoms with Gasteiger partial charge in [-0.3, -0.25) is 4.99 Å². The number of aliphatic hydroxyl groups is 1. The van der Waals surface area contributed by atoms with Gasteiger partial charge in [0.15, 0.2) is 5.96 Å². The molecule has 1 heterocycles. The lowest BCUT2D eigenvalue weighted by atomic mass is 9.84. The Morgan fingerprint density at radius 3 is 2.76 bits per heavy atom. The number of guanidine groups is 1. The van der Waals surface area contributed by atoms with Crippen LogP contribution in [0.25, 0.3) is 0 Å². The Morgan fingerprint density at radius 1 is 1.32 bits per heavy atom. The van der Waals surface area contributed by atoms with Crippen molar-refractivity contribution in [3.05, 3.63) is 29.8 Å². The maximum absolute atomic E-state index is 9.28. The van der Waals surface area contributed by atoms with E-state index in [1.807, 2.05) is 24.3 Å². The van der Waals surface area contributed by atoms with Crippen LogP contribution in [-0.2, 0) is 4.74 Å². The van der Waals surface area contributed by atoms with Crippen molar-refractivity contribution < 1.29 is 14.6 Å². The van der Waals surface area contributed by atoms with Crippen molar-refractivity contribution in [2.45, 2.75) is 26.2 Å². The van der Waals surface area contributed by atoms with Crippen LogP contribution in [0.4, 0.5) is 0 Å². The lowest BCUT2D eigenvalue weighted by molar-refractivity contribution is 0.127. The third-order valence-corrected chi connectivity index (χ3v) is 4.58. The van der Waals surface area contributed by atoms with Gasteiger partial charge in [-0.15, -0.1) is 0 Å². The monoisotopic (exact) mass is 349 g/mol. The Kier molecular flexibility index (Phi) is 8.01. The number of hydrogen-bond donors (Lipinski definition) is 3. The van der Waals surface area contributed by atoms with Crippen molar-refractivity contribution in [2.24, 2.45) is 10.4 Å². The van der Waals surface area contributed by atoms with Gasteiger partial charge in [0.05, 0.1) is 13.2 Å². The Morgan fingerprint density at radius 2 is 2.12 bits per heavy atom. The minimum absolute atomic E-state index is 0.0148. The van der Waals surface area contributed by atoms with Gasteiger partial charge in [-0.1, -0.05) is 17.7 Å². The van der Waals surface area contributed by atoms with Crippen LogP contribution in [0.3, 0.4) is 0 Å². The Balaban J connectivity index is 1.64. The Bertz CT molecular complexity index is 525. The first-order valence-corrected chi connectivity index (χ1v) is 9.00. The van der Waals surface area contributed by atoms with Crippen LogP contribution in [0, 0.1) is 12.3 Å². The zero-order valence-corrected chi connectivity index (χ0v) is 15.4. The molecule has 1 aliphatic rings. The summed E-state index contributed by atoms with van der Waals surface area (Å²) in [5, 5.41) is 15.9. The van der Waals surface area contributed by atoms with E-state index in [4.69, 9.17) is 9.47 Å². The molecule has 0 radical (unpaired) electrons. The summed E-state index contributed by atoms with van der Waals surface area (Å²) in [5.74, 6) is 1.68. The summed E-state index contributed by atoms with van der Waals surface area (Å²) in [6.45, 7) is 5.92. The van der Waals surface area contributed by atoms with Crippen LogP contribution in [-0.4, -0.2) is 57.6 Å². The van der Waals surface area contributed by atoms with Crippen molar-refractivity contribution in [1.29, 1.82) is 0 Å². The minimum atomic E-state index is 0.0148. The van der Waals surface area contributed by atoms with E-state index >= 15 is 0 Å². The largest absolute Gasteiger partial charge is 0.494 e. The second kappa shape index (κ2) is 10.3. The van der Waals surface area contributed by atoms with Gasteiger partial charge in [0.1, 0.15) is 5.75 Å². The average molecular weight is 349 g/mol. The predicted octanol–water partition coefficient (Wildman–Crippen LogP) is 1.72. The normalized spacial score (nSPS) is 20.5. The van der Waals surface area contributed by atoms with Crippen molar-refractivity contribution in [1.82, 2.24) is 10.6 Å². The fourth-order valence-electron chi connectivity index (χ4n) is 2.91. The van der Waals surface area contributed by atoms with Crippen LogP contribution in [0.1, 0.15) is 24.8 Å². The maximum Gasteiger partial charge on any atom is 0.191 e. The number of benzene rings is 1. The number of aryl methyl sites for hydroxylation is 1. The molecule has 1 saturated heterocycles. The van der Waals surface area contributed by atoms with Crippen LogP contribution < -0.4 is 15.4 Å². The Hall–Kier alpha value is -1.79. The first-order chi connectivity index (χ1) is 12.2. The van der Waals surface area contributed by atoms with Crippen LogP contribution in [0.2, 0.25) is 0 Å². The molecular formula is C19H31N3O3. The molecule has 2 rings (SSSR count). The van der Waals surface area contributed by atoms with Crippen LogP contribution >= 0.6 is 0 Å². The molecule has 0 aromatic heterocycles. The first kappa shape index (κ1) is 19.5.